The highest BCUT2D eigenvalue weighted by Gasteiger charge is 2.23. The number of rotatable bonds is 1. The predicted octanol–water partition coefficient (Wildman–Crippen LogP) is 2.65. The molecule has 0 aliphatic carbocycles. The van der Waals surface area contributed by atoms with E-state index < -0.39 is 0 Å². The van der Waals surface area contributed by atoms with Gasteiger partial charge in [0, 0.05) is 29.6 Å². The lowest BCUT2D eigenvalue weighted by molar-refractivity contribution is 0.0793. The fourth-order valence-electron chi connectivity index (χ4n) is 2.52. The number of likely N-dealkylation sites (tertiary alicyclic amines) is 1. The molecule has 1 aliphatic rings. The summed E-state index contributed by atoms with van der Waals surface area (Å²) in [4.78, 5) is 17.3. The Balaban J connectivity index is 1.97. The van der Waals surface area contributed by atoms with Crippen LogP contribution in [0.15, 0.2) is 18.2 Å². The number of aryl methyl sites for hydroxylation is 2. The van der Waals surface area contributed by atoms with E-state index in [9.17, 15) is 4.79 Å². The van der Waals surface area contributed by atoms with Crippen molar-refractivity contribution >= 4 is 22.5 Å². The van der Waals surface area contributed by atoms with Crippen LogP contribution >= 0.6 is 0 Å². The van der Waals surface area contributed by atoms with Crippen LogP contribution < -0.4 is 0 Å². The Bertz CT molecular complexity index is 645. The molecule has 0 bridgehead atoms. The van der Waals surface area contributed by atoms with Gasteiger partial charge in [0.15, 0.2) is 0 Å². The van der Waals surface area contributed by atoms with Crippen molar-refractivity contribution in [1.29, 1.82) is 5.41 Å². The molecule has 98 valence electrons. The first-order valence-electron chi connectivity index (χ1n) is 6.50. The largest absolute Gasteiger partial charge is 0.351 e. The summed E-state index contributed by atoms with van der Waals surface area (Å²) in [5, 5.41) is 8.66. The Labute approximate surface area is 111 Å². The molecule has 0 atom stereocenters. The van der Waals surface area contributed by atoms with Gasteiger partial charge in [-0.3, -0.25) is 4.79 Å². The number of carbonyl (C=O) groups excluding carboxylic acids is 1. The minimum atomic E-state index is -0.00578. The van der Waals surface area contributed by atoms with Crippen LogP contribution in [0.4, 0.5) is 0 Å². The number of H-pyrrole nitrogens is 1. The van der Waals surface area contributed by atoms with E-state index in [1.165, 1.54) is 11.1 Å². The zero-order valence-electron chi connectivity index (χ0n) is 11.2. The molecule has 2 aromatic rings. The second-order valence-corrected chi connectivity index (χ2v) is 5.29. The van der Waals surface area contributed by atoms with E-state index in [0.717, 1.165) is 10.9 Å². The number of benzene rings is 1. The highest BCUT2D eigenvalue weighted by atomic mass is 16.2. The van der Waals surface area contributed by atoms with E-state index in [1.807, 2.05) is 6.07 Å². The number of aromatic amines is 1. The summed E-state index contributed by atoms with van der Waals surface area (Å²) >= 11 is 0. The molecule has 1 aromatic carbocycles. The second-order valence-electron chi connectivity index (χ2n) is 5.29. The molecule has 1 fully saturated rings. The zero-order chi connectivity index (χ0) is 13.6. The first-order chi connectivity index (χ1) is 9.04. The van der Waals surface area contributed by atoms with Gasteiger partial charge in [0.25, 0.3) is 5.91 Å². The van der Waals surface area contributed by atoms with Gasteiger partial charge in [-0.2, -0.15) is 0 Å². The normalized spacial score (nSPS) is 15.5. The standard InChI is InChI=1S/C15H17N3O/c1-9-5-11-7-14(17-13(11)6-10(9)2)15(19)18-4-3-12(16)8-18/h5-7,16-17H,3-4,8H2,1-2H3. The van der Waals surface area contributed by atoms with Crippen LogP contribution in [0.2, 0.25) is 0 Å². The number of amides is 1. The van der Waals surface area contributed by atoms with Gasteiger partial charge in [0.2, 0.25) is 0 Å². The van der Waals surface area contributed by atoms with Gasteiger partial charge >= 0.3 is 0 Å². The molecule has 1 aromatic heterocycles. The number of nitrogens with zero attached hydrogens (tertiary/aromatic N) is 1. The summed E-state index contributed by atoms with van der Waals surface area (Å²) < 4.78 is 0. The molecule has 0 unspecified atom stereocenters. The molecule has 2 N–H and O–H groups in total. The number of hydrogen-bond acceptors (Lipinski definition) is 2. The maximum Gasteiger partial charge on any atom is 0.270 e. The van der Waals surface area contributed by atoms with E-state index in [1.54, 1.807) is 4.90 Å². The quantitative estimate of drug-likeness (QED) is 0.808. The number of hydrogen-bond donors (Lipinski definition) is 2. The van der Waals surface area contributed by atoms with E-state index in [2.05, 4.69) is 31.0 Å². The van der Waals surface area contributed by atoms with Gasteiger partial charge in [-0.1, -0.05) is 0 Å². The third-order valence-electron chi connectivity index (χ3n) is 3.82. The average molecular weight is 255 g/mol. The van der Waals surface area contributed by atoms with Crippen molar-refractivity contribution in [2.75, 3.05) is 13.1 Å². The van der Waals surface area contributed by atoms with E-state index in [0.29, 0.717) is 30.9 Å². The molecule has 4 heteroatoms. The van der Waals surface area contributed by atoms with Gasteiger partial charge in [0.05, 0.1) is 6.54 Å². The van der Waals surface area contributed by atoms with Gasteiger partial charge in [-0.05, 0) is 43.2 Å². The fraction of sp³-hybridized carbons (Fsp3) is 0.333. The monoisotopic (exact) mass is 255 g/mol. The van der Waals surface area contributed by atoms with Crippen LogP contribution in [0.25, 0.3) is 10.9 Å². The molecule has 1 amide bonds. The third kappa shape index (κ3) is 2.03. The van der Waals surface area contributed by atoms with E-state index >= 15 is 0 Å². The SMILES string of the molecule is Cc1cc2cc(C(=O)N3CCC(=N)C3)[nH]c2cc1C. The van der Waals surface area contributed by atoms with Crippen LogP contribution in [0.3, 0.4) is 0 Å². The molecule has 3 rings (SSSR count). The number of nitrogens with one attached hydrogen (secondary N) is 2. The molecule has 2 heterocycles. The summed E-state index contributed by atoms with van der Waals surface area (Å²) in [6.45, 7) is 5.27. The predicted molar refractivity (Wildman–Crippen MR) is 76.0 cm³/mol. The van der Waals surface area contributed by atoms with Crippen LogP contribution in [-0.2, 0) is 0 Å². The highest BCUT2D eigenvalue weighted by molar-refractivity contribution is 6.01. The topological polar surface area (TPSA) is 60.0 Å². The lowest BCUT2D eigenvalue weighted by Gasteiger charge is -2.12. The van der Waals surface area contributed by atoms with Crippen LogP contribution in [0, 0.1) is 19.3 Å². The number of carbonyl (C=O) groups is 1. The molecule has 19 heavy (non-hydrogen) atoms. The molecule has 4 nitrogen and oxygen atoms in total. The van der Waals surface area contributed by atoms with Gasteiger partial charge in [-0.25, -0.2) is 0 Å². The van der Waals surface area contributed by atoms with E-state index in [4.69, 9.17) is 5.41 Å². The molecular formula is C15H17N3O. The molecular weight excluding hydrogens is 238 g/mol. The Morgan fingerprint density at radius 3 is 2.68 bits per heavy atom. The summed E-state index contributed by atoms with van der Waals surface area (Å²) in [6.07, 6.45) is 0.699. The van der Waals surface area contributed by atoms with Crippen molar-refractivity contribution in [2.45, 2.75) is 20.3 Å². The van der Waals surface area contributed by atoms with Gasteiger partial charge in [0.1, 0.15) is 5.69 Å². The zero-order valence-corrected chi connectivity index (χ0v) is 11.2. The Kier molecular flexibility index (Phi) is 2.66. The smallest absolute Gasteiger partial charge is 0.270 e. The van der Waals surface area contributed by atoms with Crippen molar-refractivity contribution in [1.82, 2.24) is 9.88 Å². The maximum absolute atomic E-state index is 12.3. The van der Waals surface area contributed by atoms with Crippen LogP contribution in [-0.4, -0.2) is 34.6 Å². The minimum absolute atomic E-state index is 0.00578. The Morgan fingerprint density at radius 2 is 2.00 bits per heavy atom. The first-order valence-corrected chi connectivity index (χ1v) is 6.50. The molecule has 1 saturated heterocycles. The minimum Gasteiger partial charge on any atom is -0.351 e. The molecule has 0 saturated carbocycles. The lowest BCUT2D eigenvalue weighted by atomic mass is 10.1. The van der Waals surface area contributed by atoms with Gasteiger partial charge in [-0.15, -0.1) is 0 Å². The van der Waals surface area contributed by atoms with Crippen LogP contribution in [0.5, 0.6) is 0 Å². The van der Waals surface area contributed by atoms with Crippen molar-refractivity contribution in [3.63, 3.8) is 0 Å². The Hall–Kier alpha value is -2.10. The van der Waals surface area contributed by atoms with Crippen LogP contribution in [0.1, 0.15) is 28.0 Å². The highest BCUT2D eigenvalue weighted by Crippen LogP contribution is 2.21. The maximum atomic E-state index is 12.3. The number of aromatic nitrogens is 1. The first kappa shape index (κ1) is 12.0. The summed E-state index contributed by atoms with van der Waals surface area (Å²) in [7, 11) is 0. The number of fused-ring (bicyclic) bond motifs is 1. The summed E-state index contributed by atoms with van der Waals surface area (Å²) in [5.74, 6) is -0.00578. The molecule has 0 spiro atoms. The lowest BCUT2D eigenvalue weighted by Crippen LogP contribution is -2.28. The van der Waals surface area contributed by atoms with E-state index in [-0.39, 0.29) is 5.91 Å². The molecule has 1 aliphatic heterocycles. The van der Waals surface area contributed by atoms with Crippen molar-refractivity contribution in [3.8, 4) is 0 Å². The fourth-order valence-corrected chi connectivity index (χ4v) is 2.52. The van der Waals surface area contributed by atoms with Crippen molar-refractivity contribution in [3.05, 3.63) is 35.0 Å². The second kappa shape index (κ2) is 4.23. The van der Waals surface area contributed by atoms with Crippen molar-refractivity contribution < 1.29 is 4.79 Å². The molecule has 0 radical (unpaired) electrons. The average Bonchev–Trinajstić information content (AvgIpc) is 2.95. The summed E-state index contributed by atoms with van der Waals surface area (Å²) in [6, 6.07) is 6.09. The van der Waals surface area contributed by atoms with Crippen molar-refractivity contribution in [2.24, 2.45) is 0 Å². The summed E-state index contributed by atoms with van der Waals surface area (Å²) in [5.41, 5.74) is 4.70. The Morgan fingerprint density at radius 1 is 1.26 bits per heavy atom. The third-order valence-corrected chi connectivity index (χ3v) is 3.82. The van der Waals surface area contributed by atoms with Gasteiger partial charge < -0.3 is 15.3 Å².